The van der Waals surface area contributed by atoms with Gasteiger partial charge >= 0.3 is 21.1 Å². The molecule has 0 spiro atoms. The summed E-state index contributed by atoms with van der Waals surface area (Å²) in [5.41, 5.74) is 7.21. The molecule has 41 heavy (non-hydrogen) atoms. The fourth-order valence-corrected chi connectivity index (χ4v) is 5.21. The number of benzene rings is 3. The van der Waals surface area contributed by atoms with E-state index in [1.165, 1.54) is 5.56 Å². The average Bonchev–Trinajstić information content (AvgIpc) is 3.43. The van der Waals surface area contributed by atoms with Crippen molar-refractivity contribution in [2.24, 2.45) is 0 Å². The van der Waals surface area contributed by atoms with Crippen molar-refractivity contribution >= 4 is 21.8 Å². The van der Waals surface area contributed by atoms with Crippen LogP contribution in [0.5, 0.6) is 11.5 Å². The van der Waals surface area contributed by atoms with Gasteiger partial charge in [0.25, 0.3) is 0 Å². The van der Waals surface area contributed by atoms with E-state index < -0.39 is 0 Å². The van der Waals surface area contributed by atoms with Gasteiger partial charge in [0.2, 0.25) is 0 Å². The van der Waals surface area contributed by atoms with Crippen molar-refractivity contribution in [1.29, 1.82) is 0 Å². The van der Waals surface area contributed by atoms with Crippen molar-refractivity contribution in [2.45, 2.75) is 59.8 Å². The third-order valence-corrected chi connectivity index (χ3v) is 7.38. The third kappa shape index (κ3) is 5.48. The molecule has 6 heteroatoms. The van der Waals surface area contributed by atoms with Crippen LogP contribution in [0.4, 0.5) is 0 Å². The molecule has 5 nitrogen and oxygen atoms in total. The zero-order chi connectivity index (χ0) is 28.2. The second-order valence-electron chi connectivity index (χ2n) is 11.8. The molecular weight excluding hydrogens is 687 g/mol. The number of ether oxygens (including phenoxy) is 1. The summed E-state index contributed by atoms with van der Waals surface area (Å²) in [6.07, 6.45) is 1.89. The number of nitrogens with zero attached hydrogens (tertiary/aromatic N) is 4. The summed E-state index contributed by atoms with van der Waals surface area (Å²) in [7, 11) is 0. The fraction of sp³-hybridized carbons (Fsp3) is 0.257. The van der Waals surface area contributed by atoms with Gasteiger partial charge in [-0.3, -0.25) is 4.68 Å². The molecule has 0 aliphatic rings. The van der Waals surface area contributed by atoms with Crippen LogP contribution in [0.2, 0.25) is 0 Å². The normalized spacial score (nSPS) is 11.8. The Bertz CT molecular complexity index is 1870. The molecule has 0 N–H and O–H groups in total. The predicted molar refractivity (Wildman–Crippen MR) is 162 cm³/mol. The molecule has 3 heterocycles. The fourth-order valence-electron chi connectivity index (χ4n) is 5.21. The number of aryl methyl sites for hydroxylation is 2. The van der Waals surface area contributed by atoms with E-state index >= 15 is 0 Å². The standard InChI is InChI=1S/C35H34N4O.Pt/c1-22(2)25-14-15-36-34(17-25)38-32-11-9-8-10-30(32)31-13-12-28(21-33(31)38)40-29-19-26(35(5,6)7)18-27(20-29)39-24(4)16-23(3)37-39;/h8-19,22H,1-7H3;/q-2;+2. The SMILES string of the molecule is Cc1cc(C)n(-c2[c-]c(Oc3[c-]c4c(cc3)c3ccccc3n4-c3cc(C(C)C)ccn3)cc(C(C)(C)C)c2)n1.[Pt+2]. The summed E-state index contributed by atoms with van der Waals surface area (Å²) in [5, 5.41) is 6.96. The molecule has 0 amide bonds. The maximum atomic E-state index is 6.49. The minimum atomic E-state index is -0.0781. The molecule has 0 atom stereocenters. The second kappa shape index (κ2) is 10.9. The van der Waals surface area contributed by atoms with Gasteiger partial charge in [0.1, 0.15) is 5.82 Å². The summed E-state index contributed by atoms with van der Waals surface area (Å²) in [4.78, 5) is 4.76. The van der Waals surface area contributed by atoms with Crippen molar-refractivity contribution < 1.29 is 25.8 Å². The van der Waals surface area contributed by atoms with Gasteiger partial charge in [-0.1, -0.05) is 58.3 Å². The molecule has 6 rings (SSSR count). The average molecular weight is 722 g/mol. The van der Waals surface area contributed by atoms with Gasteiger partial charge in [0, 0.05) is 28.9 Å². The van der Waals surface area contributed by atoms with Crippen LogP contribution in [-0.2, 0) is 26.5 Å². The first-order valence-corrected chi connectivity index (χ1v) is 13.8. The minimum absolute atomic E-state index is 0. The van der Waals surface area contributed by atoms with Crippen LogP contribution in [0.25, 0.3) is 33.3 Å². The van der Waals surface area contributed by atoms with Crippen molar-refractivity contribution in [3.63, 3.8) is 0 Å². The summed E-state index contributed by atoms with van der Waals surface area (Å²) in [5.74, 6) is 2.53. The van der Waals surface area contributed by atoms with Crippen LogP contribution in [-0.4, -0.2) is 19.3 Å². The molecule has 0 radical (unpaired) electrons. The zero-order valence-electron chi connectivity index (χ0n) is 24.5. The first kappa shape index (κ1) is 28.8. The van der Waals surface area contributed by atoms with E-state index in [9.17, 15) is 0 Å². The Kier molecular flexibility index (Phi) is 7.69. The zero-order valence-corrected chi connectivity index (χ0v) is 26.8. The molecule has 0 saturated carbocycles. The minimum Gasteiger partial charge on any atom is -0.509 e. The maximum Gasteiger partial charge on any atom is 2.00 e. The quantitative estimate of drug-likeness (QED) is 0.167. The van der Waals surface area contributed by atoms with E-state index in [-0.39, 0.29) is 26.5 Å². The van der Waals surface area contributed by atoms with Gasteiger partial charge in [-0.05, 0) is 66.1 Å². The number of aromatic nitrogens is 4. The van der Waals surface area contributed by atoms with Crippen molar-refractivity contribution in [1.82, 2.24) is 19.3 Å². The van der Waals surface area contributed by atoms with E-state index in [2.05, 4.69) is 119 Å². The summed E-state index contributed by atoms with van der Waals surface area (Å²) < 4.78 is 10.6. The monoisotopic (exact) mass is 721 g/mol. The van der Waals surface area contributed by atoms with E-state index in [1.807, 2.05) is 23.9 Å². The Morgan fingerprint density at radius 2 is 1.63 bits per heavy atom. The molecule has 0 fully saturated rings. The third-order valence-electron chi connectivity index (χ3n) is 7.38. The molecule has 210 valence electrons. The summed E-state index contributed by atoms with van der Waals surface area (Å²) in [6, 6.07) is 30.1. The smallest absolute Gasteiger partial charge is 0.509 e. The molecule has 0 bridgehead atoms. The predicted octanol–water partition coefficient (Wildman–Crippen LogP) is 8.79. The first-order chi connectivity index (χ1) is 19.1. The Balaban J connectivity index is 0.00000337. The molecule has 0 aliphatic heterocycles. The number of hydrogen-bond acceptors (Lipinski definition) is 3. The number of pyridine rings is 1. The molecule has 0 unspecified atom stereocenters. The van der Waals surface area contributed by atoms with Gasteiger partial charge in [-0.15, -0.1) is 41.3 Å². The maximum absolute atomic E-state index is 6.49. The summed E-state index contributed by atoms with van der Waals surface area (Å²) >= 11 is 0. The van der Waals surface area contributed by atoms with E-state index in [0.29, 0.717) is 17.4 Å². The van der Waals surface area contributed by atoms with Crippen molar-refractivity contribution in [3.05, 3.63) is 108 Å². The molecule has 6 aromatic rings. The number of fused-ring (bicyclic) bond motifs is 3. The van der Waals surface area contributed by atoms with Crippen molar-refractivity contribution in [2.75, 3.05) is 0 Å². The first-order valence-electron chi connectivity index (χ1n) is 13.8. The van der Waals surface area contributed by atoms with Crippen molar-refractivity contribution in [3.8, 4) is 23.0 Å². The topological polar surface area (TPSA) is 44.9 Å². The largest absolute Gasteiger partial charge is 2.00 e. The molecule has 3 aromatic carbocycles. The number of hydrogen-bond donors (Lipinski definition) is 0. The van der Waals surface area contributed by atoms with Gasteiger partial charge < -0.3 is 9.30 Å². The molecule has 0 aliphatic carbocycles. The van der Waals surface area contributed by atoms with Crippen LogP contribution in [0.3, 0.4) is 0 Å². The second-order valence-corrected chi connectivity index (χ2v) is 11.8. The molecular formula is C35H34N4OPt. The van der Waals surface area contributed by atoms with E-state index in [4.69, 9.17) is 14.8 Å². The van der Waals surface area contributed by atoms with Crippen LogP contribution in [0.1, 0.15) is 63.1 Å². The van der Waals surface area contributed by atoms with Gasteiger partial charge in [-0.2, -0.15) is 11.2 Å². The Morgan fingerprint density at radius 3 is 2.34 bits per heavy atom. The summed E-state index contributed by atoms with van der Waals surface area (Å²) in [6.45, 7) is 15.1. The van der Waals surface area contributed by atoms with Crippen LogP contribution < -0.4 is 4.74 Å². The number of para-hydroxylation sites is 1. The molecule has 3 aromatic heterocycles. The molecule has 0 saturated heterocycles. The van der Waals surface area contributed by atoms with E-state index in [1.54, 1.807) is 0 Å². The Morgan fingerprint density at radius 1 is 0.854 bits per heavy atom. The Labute approximate surface area is 256 Å². The van der Waals surface area contributed by atoms with Gasteiger partial charge in [-0.25, -0.2) is 4.98 Å². The van der Waals surface area contributed by atoms with Crippen LogP contribution >= 0.6 is 0 Å². The van der Waals surface area contributed by atoms with Crippen LogP contribution in [0.15, 0.2) is 72.9 Å². The Hall–Kier alpha value is -3.69. The van der Waals surface area contributed by atoms with Crippen LogP contribution in [0, 0.1) is 26.0 Å². The number of rotatable bonds is 5. The van der Waals surface area contributed by atoms with E-state index in [0.717, 1.165) is 50.3 Å². The van der Waals surface area contributed by atoms with Gasteiger partial charge in [0.15, 0.2) is 0 Å². The van der Waals surface area contributed by atoms with Gasteiger partial charge in [0.05, 0.1) is 5.69 Å².